The van der Waals surface area contributed by atoms with Crippen molar-refractivity contribution in [2.75, 3.05) is 16.8 Å². The Labute approximate surface area is 142 Å². The molecule has 1 atom stereocenters. The van der Waals surface area contributed by atoms with E-state index in [0.717, 1.165) is 5.56 Å². The number of aliphatic imine (C=N–C) groups is 1. The molecule has 0 spiro atoms. The van der Waals surface area contributed by atoms with E-state index >= 15 is 0 Å². The number of anilines is 3. The monoisotopic (exact) mass is 336 g/mol. The predicted octanol–water partition coefficient (Wildman–Crippen LogP) is 1.51. The van der Waals surface area contributed by atoms with E-state index in [1.165, 1.54) is 6.07 Å². The van der Waals surface area contributed by atoms with Crippen LogP contribution < -0.4 is 22.1 Å². The molecule has 9 heteroatoms. The highest BCUT2D eigenvalue weighted by molar-refractivity contribution is 5.98. The van der Waals surface area contributed by atoms with Crippen LogP contribution >= 0.6 is 0 Å². The van der Waals surface area contributed by atoms with Crippen molar-refractivity contribution < 1.29 is 4.39 Å². The lowest BCUT2D eigenvalue weighted by Gasteiger charge is -2.26. The number of nitrogens with zero attached hydrogens (tertiary/aromatic N) is 4. The van der Waals surface area contributed by atoms with Gasteiger partial charge in [-0.25, -0.2) is 14.4 Å². The van der Waals surface area contributed by atoms with Crippen LogP contribution in [0.1, 0.15) is 28.3 Å². The Bertz CT molecular complexity index is 983. The number of nitrogen functional groups attached to an aromatic ring is 2. The lowest BCUT2D eigenvalue weighted by Crippen LogP contribution is -2.33. The molecule has 2 aromatic rings. The minimum absolute atomic E-state index is 0.00510. The third kappa shape index (κ3) is 2.64. The highest BCUT2D eigenvalue weighted by Crippen LogP contribution is 2.41. The average molecular weight is 336 g/mol. The van der Waals surface area contributed by atoms with Gasteiger partial charge in [0, 0.05) is 11.1 Å². The van der Waals surface area contributed by atoms with Crippen molar-refractivity contribution in [2.45, 2.75) is 13.0 Å². The molecule has 0 radical (unpaired) electrons. The molecule has 0 saturated carbocycles. The Balaban J connectivity index is 2.30. The number of hydrogen-bond acceptors (Lipinski definition) is 8. The summed E-state index contributed by atoms with van der Waals surface area (Å²) < 4.78 is 14.4. The van der Waals surface area contributed by atoms with Gasteiger partial charge in [-0.2, -0.15) is 10.5 Å². The molecule has 2 heterocycles. The van der Waals surface area contributed by atoms with Gasteiger partial charge >= 0.3 is 0 Å². The summed E-state index contributed by atoms with van der Waals surface area (Å²) in [6, 6.07) is 5.60. The lowest BCUT2D eigenvalue weighted by molar-refractivity contribution is 0.598. The standard InChI is InChI=1S/C16H13FN8/c1-7-2-3-10(17)8(4-7)13-11-12(20)9(5-18)14(21)24-15(11)25-16(23-13)22-6-19/h2-4,13H,1H3,(H6,20,21,22,23,24,25). The van der Waals surface area contributed by atoms with Crippen molar-refractivity contribution in [3.63, 3.8) is 0 Å². The first-order chi connectivity index (χ1) is 12.0. The molecule has 8 nitrogen and oxygen atoms in total. The maximum Gasteiger partial charge on any atom is 0.211 e. The molecule has 6 N–H and O–H groups in total. The number of hydrogen-bond donors (Lipinski definition) is 4. The summed E-state index contributed by atoms with van der Waals surface area (Å²) in [4.78, 5) is 8.43. The van der Waals surface area contributed by atoms with Gasteiger partial charge in [-0.15, -0.1) is 0 Å². The lowest BCUT2D eigenvalue weighted by atomic mass is 9.94. The van der Waals surface area contributed by atoms with Crippen LogP contribution in [0.3, 0.4) is 0 Å². The van der Waals surface area contributed by atoms with Crippen molar-refractivity contribution in [3.05, 3.63) is 46.3 Å². The molecule has 1 aliphatic heterocycles. The summed E-state index contributed by atoms with van der Waals surface area (Å²) in [6.45, 7) is 1.81. The maximum atomic E-state index is 14.4. The van der Waals surface area contributed by atoms with E-state index in [4.69, 9.17) is 16.7 Å². The number of aromatic nitrogens is 1. The molecule has 0 amide bonds. The number of nitrogens with one attached hydrogen (secondary N) is 2. The summed E-state index contributed by atoms with van der Waals surface area (Å²) in [7, 11) is 0. The predicted molar refractivity (Wildman–Crippen MR) is 90.6 cm³/mol. The van der Waals surface area contributed by atoms with Crippen molar-refractivity contribution in [1.82, 2.24) is 10.3 Å². The van der Waals surface area contributed by atoms with E-state index in [1.54, 1.807) is 18.3 Å². The number of nitrogens with two attached hydrogens (primary N) is 2. The molecule has 25 heavy (non-hydrogen) atoms. The second kappa shape index (κ2) is 5.98. The van der Waals surface area contributed by atoms with E-state index in [2.05, 4.69) is 20.6 Å². The zero-order valence-corrected chi connectivity index (χ0v) is 13.1. The highest BCUT2D eigenvalue weighted by atomic mass is 19.1. The first-order valence-electron chi connectivity index (χ1n) is 7.21. The molecule has 1 aliphatic rings. The SMILES string of the molecule is Cc1ccc(F)c(C2N=C(NC#N)Nc3nc(N)c(C#N)c(N)c32)c1. The Hall–Kier alpha value is -3.85. The van der Waals surface area contributed by atoms with E-state index in [9.17, 15) is 9.65 Å². The van der Waals surface area contributed by atoms with Crippen LogP contribution in [0.2, 0.25) is 0 Å². The van der Waals surface area contributed by atoms with Crippen molar-refractivity contribution in [1.29, 1.82) is 10.5 Å². The van der Waals surface area contributed by atoms with E-state index in [-0.39, 0.29) is 34.4 Å². The fourth-order valence-corrected chi connectivity index (χ4v) is 2.68. The zero-order chi connectivity index (χ0) is 18.1. The minimum Gasteiger partial charge on any atom is -0.397 e. The number of benzene rings is 1. The van der Waals surface area contributed by atoms with Gasteiger partial charge < -0.3 is 16.8 Å². The van der Waals surface area contributed by atoms with Gasteiger partial charge in [0.05, 0.1) is 5.69 Å². The van der Waals surface area contributed by atoms with Gasteiger partial charge in [-0.05, 0) is 13.0 Å². The third-order valence-corrected chi connectivity index (χ3v) is 3.80. The van der Waals surface area contributed by atoms with Crippen LogP contribution in [0.15, 0.2) is 23.2 Å². The molecule has 1 unspecified atom stereocenters. The van der Waals surface area contributed by atoms with Crippen molar-refractivity contribution >= 4 is 23.3 Å². The Morgan fingerprint density at radius 3 is 2.76 bits per heavy atom. The molecule has 0 fully saturated rings. The highest BCUT2D eigenvalue weighted by Gasteiger charge is 2.31. The quantitative estimate of drug-likeness (QED) is 0.455. The largest absolute Gasteiger partial charge is 0.397 e. The molecule has 0 bridgehead atoms. The summed E-state index contributed by atoms with van der Waals surface area (Å²) in [5, 5.41) is 23.2. The number of halogens is 1. The molecular formula is C16H13FN8. The second-order valence-electron chi connectivity index (χ2n) is 5.43. The second-order valence-corrected chi connectivity index (χ2v) is 5.43. The number of aryl methyl sites for hydroxylation is 1. The van der Waals surface area contributed by atoms with Gasteiger partial charge in [-0.3, -0.25) is 5.32 Å². The van der Waals surface area contributed by atoms with E-state index in [0.29, 0.717) is 5.56 Å². The Kier molecular flexibility index (Phi) is 3.83. The number of fused-ring (bicyclic) bond motifs is 1. The maximum absolute atomic E-state index is 14.4. The first kappa shape index (κ1) is 16.0. The fourth-order valence-electron chi connectivity index (χ4n) is 2.68. The number of nitriles is 2. The summed E-state index contributed by atoms with van der Waals surface area (Å²) in [5.41, 5.74) is 13.3. The Morgan fingerprint density at radius 2 is 2.08 bits per heavy atom. The van der Waals surface area contributed by atoms with E-state index < -0.39 is 11.9 Å². The summed E-state index contributed by atoms with van der Waals surface area (Å²) in [5.74, 6) is -0.254. The number of rotatable bonds is 1. The zero-order valence-electron chi connectivity index (χ0n) is 13.1. The fraction of sp³-hybridized carbons (Fsp3) is 0.125. The molecule has 0 aliphatic carbocycles. The molecule has 0 saturated heterocycles. The Morgan fingerprint density at radius 1 is 1.32 bits per heavy atom. The minimum atomic E-state index is -0.882. The van der Waals surface area contributed by atoms with Gasteiger partial charge in [0.1, 0.15) is 35.1 Å². The van der Waals surface area contributed by atoms with Crippen LogP contribution in [-0.2, 0) is 0 Å². The first-order valence-corrected chi connectivity index (χ1v) is 7.21. The summed E-state index contributed by atoms with van der Waals surface area (Å²) >= 11 is 0. The third-order valence-electron chi connectivity index (χ3n) is 3.80. The van der Waals surface area contributed by atoms with Gasteiger partial charge in [0.25, 0.3) is 0 Å². The van der Waals surface area contributed by atoms with Gasteiger partial charge in [0.2, 0.25) is 5.96 Å². The van der Waals surface area contributed by atoms with Crippen LogP contribution in [0.5, 0.6) is 0 Å². The number of pyridine rings is 1. The number of guanidine groups is 1. The van der Waals surface area contributed by atoms with Crippen molar-refractivity contribution in [3.8, 4) is 12.3 Å². The van der Waals surface area contributed by atoms with Crippen LogP contribution in [0.25, 0.3) is 0 Å². The van der Waals surface area contributed by atoms with Gasteiger partial charge in [-0.1, -0.05) is 17.7 Å². The van der Waals surface area contributed by atoms with Gasteiger partial charge in [0.15, 0.2) is 6.19 Å². The molecule has 3 rings (SSSR count). The summed E-state index contributed by atoms with van der Waals surface area (Å²) in [6.07, 6.45) is 1.74. The normalized spacial score (nSPS) is 15.2. The van der Waals surface area contributed by atoms with Crippen molar-refractivity contribution in [2.24, 2.45) is 4.99 Å². The smallest absolute Gasteiger partial charge is 0.211 e. The van der Waals surface area contributed by atoms with Crippen LogP contribution in [-0.4, -0.2) is 10.9 Å². The van der Waals surface area contributed by atoms with Crippen LogP contribution in [0.4, 0.5) is 21.7 Å². The van der Waals surface area contributed by atoms with Crippen LogP contribution in [0, 0.1) is 35.5 Å². The molecule has 1 aromatic heterocycles. The average Bonchev–Trinajstić information content (AvgIpc) is 2.57. The van der Waals surface area contributed by atoms with E-state index in [1.807, 2.05) is 13.0 Å². The molecule has 124 valence electrons. The molecule has 1 aromatic carbocycles. The molecular weight excluding hydrogens is 323 g/mol. The topological polar surface area (TPSA) is 149 Å².